The molecule has 20 heavy (non-hydrogen) atoms. The molecule has 2 N–H and O–H groups in total. The van der Waals surface area contributed by atoms with Gasteiger partial charge in [0.1, 0.15) is 5.75 Å². The molecule has 0 saturated heterocycles. The van der Waals surface area contributed by atoms with Crippen molar-refractivity contribution in [2.24, 2.45) is 5.92 Å². The van der Waals surface area contributed by atoms with Gasteiger partial charge in [-0.05, 0) is 37.5 Å². The van der Waals surface area contributed by atoms with Crippen LogP contribution in [0.5, 0.6) is 5.75 Å². The first-order valence-electron chi connectivity index (χ1n) is 7.34. The highest BCUT2D eigenvalue weighted by atomic mass is 16.5. The smallest absolute Gasteiger partial charge is 0.262 e. The Morgan fingerprint density at radius 2 is 2.10 bits per heavy atom. The zero-order chi connectivity index (χ0) is 14.7. The summed E-state index contributed by atoms with van der Waals surface area (Å²) >= 11 is 0. The second-order valence-electron chi connectivity index (χ2n) is 5.66. The molecule has 2 rings (SSSR count). The van der Waals surface area contributed by atoms with Gasteiger partial charge in [0.25, 0.3) is 5.91 Å². The molecule has 0 spiro atoms. The van der Waals surface area contributed by atoms with Crippen LogP contribution >= 0.6 is 0 Å². The predicted octanol–water partition coefficient (Wildman–Crippen LogP) is 3.10. The van der Waals surface area contributed by atoms with Crippen molar-refractivity contribution in [2.45, 2.75) is 46.2 Å². The molecule has 0 aliphatic carbocycles. The van der Waals surface area contributed by atoms with Crippen LogP contribution in [0.25, 0.3) is 0 Å². The Morgan fingerprint density at radius 1 is 1.35 bits per heavy atom. The van der Waals surface area contributed by atoms with Crippen LogP contribution in [0.4, 0.5) is 5.69 Å². The molecule has 0 bridgehead atoms. The number of carbonyl (C=O) groups excluding carboxylic acids is 1. The van der Waals surface area contributed by atoms with Crippen LogP contribution in [-0.4, -0.2) is 18.6 Å². The third-order valence-electron chi connectivity index (χ3n) is 4.15. The van der Waals surface area contributed by atoms with Crippen molar-refractivity contribution < 1.29 is 9.53 Å². The number of ether oxygens (including phenoxy) is 1. The molecule has 3 unspecified atom stereocenters. The Bertz CT molecular complexity index is 487. The molecule has 1 aliphatic heterocycles. The molecule has 110 valence electrons. The van der Waals surface area contributed by atoms with Gasteiger partial charge in [-0.1, -0.05) is 26.3 Å². The fraction of sp³-hybridized carbons (Fsp3) is 0.562. The molecule has 3 atom stereocenters. The second kappa shape index (κ2) is 6.27. The SMILES string of the molecule is CCC(C)C(C)NC(C)c1ccc2c(c1)NC(=O)CO2. The molecule has 1 heterocycles. The van der Waals surface area contributed by atoms with Gasteiger partial charge < -0.3 is 15.4 Å². The Kier molecular flexibility index (Phi) is 4.65. The van der Waals surface area contributed by atoms with Crippen molar-refractivity contribution in [1.29, 1.82) is 0 Å². The lowest BCUT2D eigenvalue weighted by molar-refractivity contribution is -0.118. The maximum atomic E-state index is 11.4. The minimum absolute atomic E-state index is 0.0942. The molecule has 1 aromatic rings. The number of hydrogen-bond donors (Lipinski definition) is 2. The number of fused-ring (bicyclic) bond motifs is 1. The van der Waals surface area contributed by atoms with Gasteiger partial charge in [0, 0.05) is 12.1 Å². The Balaban J connectivity index is 2.09. The summed E-state index contributed by atoms with van der Waals surface area (Å²) in [6, 6.07) is 6.67. The largest absolute Gasteiger partial charge is 0.482 e. The molecular weight excluding hydrogens is 252 g/mol. The monoisotopic (exact) mass is 276 g/mol. The molecule has 1 amide bonds. The van der Waals surface area contributed by atoms with Crippen molar-refractivity contribution in [2.75, 3.05) is 11.9 Å². The molecule has 1 aliphatic rings. The van der Waals surface area contributed by atoms with Crippen LogP contribution in [0.2, 0.25) is 0 Å². The van der Waals surface area contributed by atoms with Gasteiger partial charge in [-0.3, -0.25) is 4.79 Å². The van der Waals surface area contributed by atoms with Crippen LogP contribution in [0.15, 0.2) is 18.2 Å². The number of hydrogen-bond acceptors (Lipinski definition) is 3. The van der Waals surface area contributed by atoms with Crippen LogP contribution in [0, 0.1) is 5.92 Å². The lowest BCUT2D eigenvalue weighted by Crippen LogP contribution is -2.34. The summed E-state index contributed by atoms with van der Waals surface area (Å²) in [6.07, 6.45) is 1.16. The molecular formula is C16H24N2O2. The van der Waals surface area contributed by atoms with Gasteiger partial charge in [-0.25, -0.2) is 0 Å². The molecule has 0 aromatic heterocycles. The molecule has 0 fully saturated rings. The Labute approximate surface area is 120 Å². The summed E-state index contributed by atoms with van der Waals surface area (Å²) in [7, 11) is 0. The summed E-state index contributed by atoms with van der Waals surface area (Å²) in [5.41, 5.74) is 1.92. The van der Waals surface area contributed by atoms with E-state index in [4.69, 9.17) is 4.74 Å². The Hall–Kier alpha value is -1.55. The Morgan fingerprint density at radius 3 is 2.80 bits per heavy atom. The average Bonchev–Trinajstić information content (AvgIpc) is 2.45. The first kappa shape index (κ1) is 14.9. The predicted molar refractivity (Wildman–Crippen MR) is 81.0 cm³/mol. The van der Waals surface area contributed by atoms with Crippen molar-refractivity contribution in [3.63, 3.8) is 0 Å². The summed E-state index contributed by atoms with van der Waals surface area (Å²) in [4.78, 5) is 11.4. The first-order valence-corrected chi connectivity index (χ1v) is 7.34. The quantitative estimate of drug-likeness (QED) is 0.869. The van der Waals surface area contributed by atoms with Gasteiger partial charge in [0.05, 0.1) is 5.69 Å². The van der Waals surface area contributed by atoms with Crippen molar-refractivity contribution in [3.8, 4) is 5.75 Å². The molecule has 4 nitrogen and oxygen atoms in total. The van der Waals surface area contributed by atoms with Gasteiger partial charge >= 0.3 is 0 Å². The number of anilines is 1. The lowest BCUT2D eigenvalue weighted by Gasteiger charge is -2.26. The van der Waals surface area contributed by atoms with E-state index in [-0.39, 0.29) is 18.6 Å². The highest BCUT2D eigenvalue weighted by Crippen LogP contribution is 2.30. The third kappa shape index (κ3) is 3.31. The van der Waals surface area contributed by atoms with E-state index in [9.17, 15) is 4.79 Å². The fourth-order valence-corrected chi connectivity index (χ4v) is 2.38. The topological polar surface area (TPSA) is 50.4 Å². The van der Waals surface area contributed by atoms with E-state index in [0.717, 1.165) is 23.4 Å². The number of nitrogens with one attached hydrogen (secondary N) is 2. The summed E-state index contributed by atoms with van der Waals surface area (Å²) < 4.78 is 5.37. The third-order valence-corrected chi connectivity index (χ3v) is 4.15. The van der Waals surface area contributed by atoms with Crippen molar-refractivity contribution >= 4 is 11.6 Å². The maximum absolute atomic E-state index is 11.4. The van der Waals surface area contributed by atoms with Gasteiger partial charge in [-0.2, -0.15) is 0 Å². The summed E-state index contributed by atoms with van der Waals surface area (Å²) in [5, 5.41) is 6.46. The second-order valence-corrected chi connectivity index (χ2v) is 5.66. The maximum Gasteiger partial charge on any atom is 0.262 e. The van der Waals surface area contributed by atoms with Crippen LogP contribution < -0.4 is 15.4 Å². The standard InChI is InChI=1S/C16H24N2O2/c1-5-10(2)11(3)17-12(4)13-6-7-15-14(8-13)18-16(19)9-20-15/h6-8,10-12,17H,5,9H2,1-4H3,(H,18,19). The minimum atomic E-state index is -0.0942. The van der Waals surface area contributed by atoms with E-state index in [1.165, 1.54) is 0 Å². The van der Waals surface area contributed by atoms with Crippen LogP contribution in [0.1, 0.15) is 45.7 Å². The fourth-order valence-electron chi connectivity index (χ4n) is 2.38. The highest BCUT2D eigenvalue weighted by molar-refractivity contribution is 5.95. The highest BCUT2D eigenvalue weighted by Gasteiger charge is 2.19. The minimum Gasteiger partial charge on any atom is -0.482 e. The number of amides is 1. The van der Waals surface area contributed by atoms with E-state index >= 15 is 0 Å². The van der Waals surface area contributed by atoms with Gasteiger partial charge in [-0.15, -0.1) is 0 Å². The van der Waals surface area contributed by atoms with E-state index < -0.39 is 0 Å². The van der Waals surface area contributed by atoms with Gasteiger partial charge in [0.15, 0.2) is 6.61 Å². The molecule has 0 radical (unpaired) electrons. The van der Waals surface area contributed by atoms with Crippen LogP contribution in [-0.2, 0) is 4.79 Å². The van der Waals surface area contributed by atoms with Crippen LogP contribution in [0.3, 0.4) is 0 Å². The number of rotatable bonds is 5. The first-order chi connectivity index (χ1) is 9.51. The average molecular weight is 276 g/mol. The van der Waals surface area contributed by atoms with Gasteiger partial charge in [0.2, 0.25) is 0 Å². The summed E-state index contributed by atoms with van der Waals surface area (Å²) in [5.74, 6) is 1.29. The zero-order valence-corrected chi connectivity index (χ0v) is 12.7. The lowest BCUT2D eigenvalue weighted by atomic mass is 9.98. The van der Waals surface area contributed by atoms with E-state index in [1.807, 2.05) is 12.1 Å². The molecule has 1 aromatic carbocycles. The van der Waals surface area contributed by atoms with Crippen molar-refractivity contribution in [3.05, 3.63) is 23.8 Å². The van der Waals surface area contributed by atoms with E-state index in [1.54, 1.807) is 0 Å². The van der Waals surface area contributed by atoms with E-state index in [2.05, 4.69) is 44.4 Å². The van der Waals surface area contributed by atoms with Crippen molar-refractivity contribution in [1.82, 2.24) is 5.32 Å². The number of carbonyl (C=O) groups is 1. The van der Waals surface area contributed by atoms with E-state index in [0.29, 0.717) is 12.0 Å². The summed E-state index contributed by atoms with van der Waals surface area (Å²) in [6.45, 7) is 8.93. The zero-order valence-electron chi connectivity index (χ0n) is 12.7. The molecule has 0 saturated carbocycles. The number of benzene rings is 1. The molecule has 4 heteroatoms. The normalized spacial score (nSPS) is 18.5.